The van der Waals surface area contributed by atoms with Crippen LogP contribution in [0, 0.1) is 11.7 Å². The summed E-state index contributed by atoms with van der Waals surface area (Å²) in [7, 11) is 0. The number of fused-ring (bicyclic) bond motifs is 1. The number of likely N-dealkylation sites (tertiary alicyclic amines) is 1. The van der Waals surface area contributed by atoms with E-state index < -0.39 is 12.1 Å². The fraction of sp³-hybridized carbons (Fsp3) is 0.320. The smallest absolute Gasteiger partial charge is 0.303 e. The third-order valence-corrected chi connectivity index (χ3v) is 5.83. The number of rotatable bonds is 6. The molecule has 6 nitrogen and oxygen atoms in total. The molecule has 32 heavy (non-hydrogen) atoms. The van der Waals surface area contributed by atoms with Crippen LogP contribution >= 0.6 is 0 Å². The molecule has 1 fully saturated rings. The van der Waals surface area contributed by atoms with Crippen molar-refractivity contribution in [3.63, 3.8) is 0 Å². The van der Waals surface area contributed by atoms with Crippen molar-refractivity contribution in [3.05, 3.63) is 60.5 Å². The fourth-order valence-electron chi connectivity index (χ4n) is 4.31. The first kappa shape index (κ1) is 21.7. The molecule has 0 unspecified atom stereocenters. The van der Waals surface area contributed by atoms with Crippen molar-refractivity contribution < 1.29 is 23.8 Å². The Morgan fingerprint density at radius 2 is 2.03 bits per heavy atom. The summed E-state index contributed by atoms with van der Waals surface area (Å²) in [6, 6.07) is 13.7. The van der Waals surface area contributed by atoms with Gasteiger partial charge in [-0.25, -0.2) is 4.39 Å². The molecule has 0 bridgehead atoms. The van der Waals surface area contributed by atoms with Crippen LogP contribution in [0.1, 0.15) is 26.2 Å². The largest absolute Gasteiger partial charge is 0.481 e. The summed E-state index contributed by atoms with van der Waals surface area (Å²) in [5.41, 5.74) is 1.88. The van der Waals surface area contributed by atoms with Gasteiger partial charge in [0, 0.05) is 42.7 Å². The number of benzene rings is 2. The molecular formula is C25H25FN2O4. The van der Waals surface area contributed by atoms with Crippen LogP contribution in [-0.2, 0) is 9.59 Å². The van der Waals surface area contributed by atoms with E-state index in [1.165, 1.54) is 6.07 Å². The van der Waals surface area contributed by atoms with Gasteiger partial charge in [0.2, 0.25) is 0 Å². The minimum Gasteiger partial charge on any atom is -0.481 e. The first-order valence-corrected chi connectivity index (χ1v) is 10.7. The molecule has 2 aromatic carbocycles. The molecule has 0 aliphatic carbocycles. The van der Waals surface area contributed by atoms with E-state index in [2.05, 4.69) is 4.98 Å². The number of carboxylic acid groups (broad SMARTS) is 1. The number of halogens is 1. The molecule has 1 amide bonds. The van der Waals surface area contributed by atoms with Crippen molar-refractivity contribution in [2.75, 3.05) is 13.1 Å². The van der Waals surface area contributed by atoms with E-state index in [0.717, 1.165) is 23.8 Å². The maximum atomic E-state index is 14.3. The summed E-state index contributed by atoms with van der Waals surface area (Å²) in [6.07, 6.45) is 2.57. The second kappa shape index (κ2) is 9.34. The predicted molar refractivity (Wildman–Crippen MR) is 119 cm³/mol. The SMILES string of the molecule is C[C@@H](Oc1ccc2c(-c3ccccc3F)ccnc2c1)C(=O)N1CCC[C@H](CC(=O)O)C1. The molecule has 2 heterocycles. The van der Waals surface area contributed by atoms with E-state index in [9.17, 15) is 14.0 Å². The molecule has 7 heteroatoms. The zero-order valence-electron chi connectivity index (χ0n) is 17.8. The number of amides is 1. The lowest BCUT2D eigenvalue weighted by molar-refractivity contribution is -0.143. The van der Waals surface area contributed by atoms with E-state index in [-0.39, 0.29) is 24.1 Å². The second-order valence-electron chi connectivity index (χ2n) is 8.17. The van der Waals surface area contributed by atoms with Gasteiger partial charge in [0.25, 0.3) is 5.91 Å². The van der Waals surface area contributed by atoms with Gasteiger partial charge in [-0.3, -0.25) is 14.6 Å². The van der Waals surface area contributed by atoms with Crippen molar-refractivity contribution in [2.24, 2.45) is 5.92 Å². The van der Waals surface area contributed by atoms with Crippen molar-refractivity contribution >= 4 is 22.8 Å². The Kier molecular flexibility index (Phi) is 6.35. The van der Waals surface area contributed by atoms with Gasteiger partial charge in [-0.2, -0.15) is 0 Å². The van der Waals surface area contributed by atoms with E-state index >= 15 is 0 Å². The number of ether oxygens (including phenoxy) is 1. The monoisotopic (exact) mass is 436 g/mol. The molecule has 1 aromatic heterocycles. The number of carbonyl (C=O) groups is 2. The van der Waals surface area contributed by atoms with Crippen LogP contribution in [0.3, 0.4) is 0 Å². The average molecular weight is 436 g/mol. The highest BCUT2D eigenvalue weighted by Gasteiger charge is 2.29. The number of hydrogen-bond donors (Lipinski definition) is 1. The lowest BCUT2D eigenvalue weighted by atomic mass is 9.94. The molecule has 3 aromatic rings. The van der Waals surface area contributed by atoms with E-state index in [4.69, 9.17) is 9.84 Å². The number of piperidine rings is 1. The lowest BCUT2D eigenvalue weighted by Gasteiger charge is -2.33. The maximum Gasteiger partial charge on any atom is 0.303 e. The normalized spacial score (nSPS) is 17.2. The molecule has 1 aliphatic rings. The first-order chi connectivity index (χ1) is 15.4. The Hall–Kier alpha value is -3.48. The van der Waals surface area contributed by atoms with Gasteiger partial charge in [0.1, 0.15) is 11.6 Å². The van der Waals surface area contributed by atoms with Crippen molar-refractivity contribution in [1.29, 1.82) is 0 Å². The fourth-order valence-corrected chi connectivity index (χ4v) is 4.31. The van der Waals surface area contributed by atoms with Gasteiger partial charge in [-0.1, -0.05) is 18.2 Å². The van der Waals surface area contributed by atoms with Gasteiger partial charge < -0.3 is 14.7 Å². The predicted octanol–water partition coefficient (Wildman–Crippen LogP) is 4.52. The zero-order chi connectivity index (χ0) is 22.7. The summed E-state index contributed by atoms with van der Waals surface area (Å²) in [5, 5.41) is 9.82. The molecule has 4 rings (SSSR count). The quantitative estimate of drug-likeness (QED) is 0.615. The second-order valence-corrected chi connectivity index (χ2v) is 8.17. The topological polar surface area (TPSA) is 79.7 Å². The van der Waals surface area contributed by atoms with Crippen LogP contribution in [0.25, 0.3) is 22.0 Å². The minimum atomic E-state index is -0.841. The molecular weight excluding hydrogens is 411 g/mol. The third-order valence-electron chi connectivity index (χ3n) is 5.83. The van der Waals surface area contributed by atoms with E-state index in [0.29, 0.717) is 29.9 Å². The highest BCUT2D eigenvalue weighted by molar-refractivity contribution is 5.95. The Balaban J connectivity index is 1.50. The molecule has 166 valence electrons. The van der Waals surface area contributed by atoms with Gasteiger partial charge in [-0.15, -0.1) is 0 Å². The molecule has 1 aliphatic heterocycles. The number of aromatic nitrogens is 1. The van der Waals surface area contributed by atoms with E-state index in [1.807, 2.05) is 6.07 Å². The highest BCUT2D eigenvalue weighted by atomic mass is 19.1. The van der Waals surface area contributed by atoms with Gasteiger partial charge in [0.15, 0.2) is 6.10 Å². The van der Waals surface area contributed by atoms with Crippen LogP contribution in [0.5, 0.6) is 5.75 Å². The minimum absolute atomic E-state index is 0.0286. The highest BCUT2D eigenvalue weighted by Crippen LogP contribution is 2.31. The molecule has 0 saturated carbocycles. The molecule has 1 N–H and O–H groups in total. The molecule has 0 spiro atoms. The van der Waals surface area contributed by atoms with Gasteiger partial charge >= 0.3 is 5.97 Å². The van der Waals surface area contributed by atoms with Crippen LogP contribution in [0.15, 0.2) is 54.7 Å². The summed E-state index contributed by atoms with van der Waals surface area (Å²) >= 11 is 0. The van der Waals surface area contributed by atoms with Gasteiger partial charge in [0.05, 0.1) is 5.52 Å². The van der Waals surface area contributed by atoms with Gasteiger partial charge in [-0.05, 0) is 55.5 Å². The average Bonchev–Trinajstić information content (AvgIpc) is 2.78. The standard InChI is InChI=1S/C25H25FN2O4/c1-16(25(31)28-12-4-5-17(15-28)13-24(29)30)32-18-8-9-21-19(10-11-27-23(21)14-18)20-6-2-3-7-22(20)26/h2-3,6-11,14,16-17H,4-5,12-13,15H2,1H3,(H,29,30)/t16-,17-/m1/s1. The molecule has 1 saturated heterocycles. The molecule has 0 radical (unpaired) electrons. The number of carbonyl (C=O) groups excluding carboxylic acids is 1. The maximum absolute atomic E-state index is 14.3. The van der Waals surface area contributed by atoms with E-state index in [1.54, 1.807) is 54.4 Å². The Morgan fingerprint density at radius 1 is 1.22 bits per heavy atom. The Labute approximate surface area is 185 Å². The number of pyridine rings is 1. The first-order valence-electron chi connectivity index (χ1n) is 10.7. The number of hydrogen-bond acceptors (Lipinski definition) is 4. The van der Waals surface area contributed by atoms with Crippen LogP contribution in [0.4, 0.5) is 4.39 Å². The van der Waals surface area contributed by atoms with Crippen LogP contribution in [-0.4, -0.2) is 46.1 Å². The van der Waals surface area contributed by atoms with Crippen molar-refractivity contribution in [2.45, 2.75) is 32.3 Å². The van der Waals surface area contributed by atoms with Crippen LogP contribution < -0.4 is 4.74 Å². The number of nitrogens with zero attached hydrogens (tertiary/aromatic N) is 2. The zero-order valence-corrected chi connectivity index (χ0v) is 17.8. The summed E-state index contributed by atoms with van der Waals surface area (Å²) in [4.78, 5) is 30.0. The Bertz CT molecular complexity index is 1150. The summed E-state index contributed by atoms with van der Waals surface area (Å²) < 4.78 is 20.2. The Morgan fingerprint density at radius 3 is 2.81 bits per heavy atom. The summed E-state index contributed by atoms with van der Waals surface area (Å²) in [5.74, 6) is -0.836. The summed E-state index contributed by atoms with van der Waals surface area (Å²) in [6.45, 7) is 2.73. The third kappa shape index (κ3) is 4.72. The van der Waals surface area contributed by atoms with Crippen molar-refractivity contribution in [1.82, 2.24) is 9.88 Å². The molecule has 2 atom stereocenters. The number of aliphatic carboxylic acids is 1. The lowest BCUT2D eigenvalue weighted by Crippen LogP contribution is -2.46. The number of carboxylic acids is 1. The van der Waals surface area contributed by atoms with Crippen LogP contribution in [0.2, 0.25) is 0 Å². The van der Waals surface area contributed by atoms with Crippen molar-refractivity contribution in [3.8, 4) is 16.9 Å².